The average molecular weight is 411 g/mol. The van der Waals surface area contributed by atoms with Gasteiger partial charge in [-0.25, -0.2) is 0 Å². The van der Waals surface area contributed by atoms with Crippen LogP contribution in [0.1, 0.15) is 57.9 Å². The molecule has 0 heterocycles. The van der Waals surface area contributed by atoms with Gasteiger partial charge >= 0.3 is 6.18 Å². The minimum absolute atomic E-state index is 0.00472. The molecule has 1 aromatic carbocycles. The number of halogens is 3. The normalized spacial score (nSPS) is 22.8. The van der Waals surface area contributed by atoms with Gasteiger partial charge in [0.1, 0.15) is 0 Å². The highest BCUT2D eigenvalue weighted by Gasteiger charge is 2.39. The highest BCUT2D eigenvalue weighted by atomic mass is 19.4. The monoisotopic (exact) mass is 410 g/mol. The van der Waals surface area contributed by atoms with E-state index in [1.54, 1.807) is 0 Å². The fourth-order valence-corrected chi connectivity index (χ4v) is 4.35. The molecule has 0 atom stereocenters. The van der Waals surface area contributed by atoms with Crippen molar-refractivity contribution in [3.8, 4) is 6.07 Å². The van der Waals surface area contributed by atoms with Crippen LogP contribution in [0.25, 0.3) is 0 Å². The molecule has 3 nitrogen and oxygen atoms in total. The second kappa shape index (κ2) is 11.0. The number of ether oxygens (including phenoxy) is 1. The standard InChI is InChI=1S/C23H33F3N2O/c1-19(2)22(12-14-27)10-8-21(9-11-22)28(15-13-23(24,25)26)16-17-29-18-20-6-4-3-5-7-20/h3-7,19,21H,8-13,15-18H2,1-2H3. The van der Waals surface area contributed by atoms with Crippen LogP contribution in [0.5, 0.6) is 0 Å². The van der Waals surface area contributed by atoms with Gasteiger partial charge in [-0.15, -0.1) is 0 Å². The maximum atomic E-state index is 12.8. The summed E-state index contributed by atoms with van der Waals surface area (Å²) in [5.74, 6) is 0.404. The summed E-state index contributed by atoms with van der Waals surface area (Å²) in [5, 5.41) is 9.22. The van der Waals surface area contributed by atoms with E-state index < -0.39 is 12.6 Å². The van der Waals surface area contributed by atoms with Crippen LogP contribution in [-0.4, -0.2) is 36.8 Å². The molecule has 0 radical (unpaired) electrons. The molecule has 0 aromatic heterocycles. The maximum absolute atomic E-state index is 12.8. The molecule has 0 bridgehead atoms. The molecule has 0 unspecified atom stereocenters. The zero-order chi connectivity index (χ0) is 21.3. The minimum atomic E-state index is -4.15. The van der Waals surface area contributed by atoms with Gasteiger partial charge < -0.3 is 4.74 Å². The Morgan fingerprint density at radius 2 is 1.83 bits per heavy atom. The molecule has 0 aliphatic heterocycles. The Hall–Kier alpha value is -1.58. The van der Waals surface area contributed by atoms with Gasteiger partial charge in [0.25, 0.3) is 0 Å². The SMILES string of the molecule is CC(C)C1(CC#N)CCC(N(CCOCc2ccccc2)CCC(F)(F)F)CC1. The largest absolute Gasteiger partial charge is 0.390 e. The summed E-state index contributed by atoms with van der Waals surface area (Å²) in [6.07, 6.45) is -0.935. The van der Waals surface area contributed by atoms with Gasteiger partial charge in [0.05, 0.1) is 25.7 Å². The summed E-state index contributed by atoms with van der Waals surface area (Å²) < 4.78 is 44.2. The Morgan fingerprint density at radius 3 is 2.38 bits per heavy atom. The first kappa shape index (κ1) is 23.7. The van der Waals surface area contributed by atoms with Crippen molar-refractivity contribution >= 4 is 0 Å². The number of nitrogens with zero attached hydrogens (tertiary/aromatic N) is 2. The van der Waals surface area contributed by atoms with E-state index in [0.717, 1.165) is 31.2 Å². The van der Waals surface area contributed by atoms with E-state index in [2.05, 4.69) is 19.9 Å². The van der Waals surface area contributed by atoms with Crippen LogP contribution in [0.3, 0.4) is 0 Å². The smallest absolute Gasteiger partial charge is 0.375 e. The topological polar surface area (TPSA) is 36.3 Å². The molecular formula is C23H33F3N2O. The fourth-order valence-electron chi connectivity index (χ4n) is 4.35. The van der Waals surface area contributed by atoms with E-state index in [-0.39, 0.29) is 18.0 Å². The van der Waals surface area contributed by atoms with Gasteiger partial charge in [-0.2, -0.15) is 18.4 Å². The molecule has 1 aliphatic carbocycles. The van der Waals surface area contributed by atoms with Crippen LogP contribution in [0, 0.1) is 22.7 Å². The molecule has 1 aromatic rings. The third-order valence-corrected chi connectivity index (χ3v) is 6.44. The quantitative estimate of drug-likeness (QED) is 0.447. The average Bonchev–Trinajstić information content (AvgIpc) is 2.68. The lowest BCUT2D eigenvalue weighted by Gasteiger charge is -2.45. The fraction of sp³-hybridized carbons (Fsp3) is 0.696. The Kier molecular flexibility index (Phi) is 8.98. The number of benzene rings is 1. The molecule has 0 amide bonds. The van der Waals surface area contributed by atoms with E-state index in [0.29, 0.717) is 32.1 Å². The third kappa shape index (κ3) is 7.64. The van der Waals surface area contributed by atoms with Gasteiger partial charge in [-0.05, 0) is 42.6 Å². The highest BCUT2D eigenvalue weighted by molar-refractivity contribution is 5.13. The molecule has 6 heteroatoms. The Labute approximate surface area is 172 Å². The summed E-state index contributed by atoms with van der Waals surface area (Å²) >= 11 is 0. The van der Waals surface area contributed by atoms with E-state index in [1.807, 2.05) is 35.2 Å². The Bertz CT molecular complexity index is 632. The lowest BCUT2D eigenvalue weighted by molar-refractivity contribution is -0.140. The number of rotatable bonds is 10. The summed E-state index contributed by atoms with van der Waals surface area (Å²) in [6.45, 7) is 5.69. The molecule has 1 fully saturated rings. The van der Waals surface area contributed by atoms with E-state index >= 15 is 0 Å². The first-order valence-corrected chi connectivity index (χ1v) is 10.6. The van der Waals surface area contributed by atoms with Crippen LogP contribution in [0.4, 0.5) is 13.2 Å². The molecule has 0 spiro atoms. The van der Waals surface area contributed by atoms with Crippen LogP contribution in [-0.2, 0) is 11.3 Å². The van der Waals surface area contributed by atoms with Crippen molar-refractivity contribution in [3.63, 3.8) is 0 Å². The van der Waals surface area contributed by atoms with Crippen LogP contribution >= 0.6 is 0 Å². The zero-order valence-electron chi connectivity index (χ0n) is 17.5. The van der Waals surface area contributed by atoms with Crippen LogP contribution < -0.4 is 0 Å². The molecule has 29 heavy (non-hydrogen) atoms. The van der Waals surface area contributed by atoms with Crippen molar-refractivity contribution in [2.75, 3.05) is 19.7 Å². The van der Waals surface area contributed by atoms with Crippen molar-refractivity contribution in [1.82, 2.24) is 4.90 Å². The molecule has 1 aliphatic rings. The second-order valence-corrected chi connectivity index (χ2v) is 8.52. The second-order valence-electron chi connectivity index (χ2n) is 8.52. The first-order valence-electron chi connectivity index (χ1n) is 10.6. The zero-order valence-corrected chi connectivity index (χ0v) is 17.5. The molecule has 162 valence electrons. The van der Waals surface area contributed by atoms with E-state index in [4.69, 9.17) is 4.74 Å². The Balaban J connectivity index is 1.90. The molecule has 1 saturated carbocycles. The predicted octanol–water partition coefficient (Wildman–Crippen LogP) is 5.96. The van der Waals surface area contributed by atoms with E-state index in [9.17, 15) is 18.4 Å². The predicted molar refractivity (Wildman–Crippen MR) is 108 cm³/mol. The van der Waals surface area contributed by atoms with Crippen LogP contribution in [0.15, 0.2) is 30.3 Å². The van der Waals surface area contributed by atoms with Gasteiger partial charge in [0.15, 0.2) is 0 Å². The molecule has 0 saturated heterocycles. The van der Waals surface area contributed by atoms with Gasteiger partial charge in [-0.3, -0.25) is 4.90 Å². The van der Waals surface area contributed by atoms with Gasteiger partial charge in [0.2, 0.25) is 0 Å². The molecule has 2 rings (SSSR count). The number of nitriles is 1. The summed E-state index contributed by atoms with van der Waals surface area (Å²) in [5.41, 5.74) is 1.07. The minimum Gasteiger partial charge on any atom is -0.375 e. The summed E-state index contributed by atoms with van der Waals surface area (Å²) in [4.78, 5) is 1.95. The lowest BCUT2D eigenvalue weighted by Crippen LogP contribution is -2.45. The van der Waals surface area contributed by atoms with Crippen molar-refractivity contribution in [2.45, 2.75) is 71.2 Å². The number of alkyl halides is 3. The van der Waals surface area contributed by atoms with Crippen LogP contribution in [0.2, 0.25) is 0 Å². The maximum Gasteiger partial charge on any atom is 0.390 e. The van der Waals surface area contributed by atoms with Crippen molar-refractivity contribution in [2.24, 2.45) is 11.3 Å². The number of hydrogen-bond acceptors (Lipinski definition) is 3. The van der Waals surface area contributed by atoms with Crippen molar-refractivity contribution < 1.29 is 17.9 Å². The van der Waals surface area contributed by atoms with Gasteiger partial charge in [0, 0.05) is 25.6 Å². The highest BCUT2D eigenvalue weighted by Crippen LogP contribution is 2.46. The first-order chi connectivity index (χ1) is 13.8. The van der Waals surface area contributed by atoms with Gasteiger partial charge in [-0.1, -0.05) is 44.2 Å². The third-order valence-electron chi connectivity index (χ3n) is 6.44. The summed E-state index contributed by atoms with van der Waals surface area (Å²) in [6, 6.07) is 12.2. The molecule has 0 N–H and O–H groups in total. The lowest BCUT2D eigenvalue weighted by atomic mass is 9.64. The number of hydrogen-bond donors (Lipinski definition) is 0. The summed E-state index contributed by atoms with van der Waals surface area (Å²) in [7, 11) is 0. The van der Waals surface area contributed by atoms with E-state index in [1.165, 1.54) is 0 Å². The Morgan fingerprint density at radius 1 is 1.17 bits per heavy atom. The van der Waals surface area contributed by atoms with Crippen molar-refractivity contribution in [1.29, 1.82) is 5.26 Å². The molecular weight excluding hydrogens is 377 g/mol. The van der Waals surface area contributed by atoms with Crippen molar-refractivity contribution in [3.05, 3.63) is 35.9 Å².